The Morgan fingerprint density at radius 2 is 1.82 bits per heavy atom. The molecule has 4 rings (SSSR count). The highest BCUT2D eigenvalue weighted by Gasteiger charge is 2.27. The molecule has 1 aliphatic carbocycles. The summed E-state index contributed by atoms with van der Waals surface area (Å²) >= 11 is 2.83. The lowest BCUT2D eigenvalue weighted by molar-refractivity contribution is -0.113. The third-order valence-corrected chi connectivity index (χ3v) is 9.12. The van der Waals surface area contributed by atoms with E-state index in [4.69, 9.17) is 9.47 Å². The first-order valence-corrected chi connectivity index (χ1v) is 15.9. The third kappa shape index (κ3) is 7.07. The second kappa shape index (κ2) is 13.2. The number of anilines is 1. The van der Waals surface area contributed by atoms with E-state index in [1.807, 2.05) is 30.5 Å². The zero-order valence-electron chi connectivity index (χ0n) is 24.3. The van der Waals surface area contributed by atoms with Gasteiger partial charge in [0.05, 0.1) is 17.9 Å². The molecule has 10 heteroatoms. The van der Waals surface area contributed by atoms with E-state index in [2.05, 4.69) is 48.4 Å². The molecule has 1 amide bonds. The number of carbonyl (C=O) groups is 2. The quantitative estimate of drug-likeness (QED) is 0.156. The summed E-state index contributed by atoms with van der Waals surface area (Å²) in [4.78, 5) is 27.0. The van der Waals surface area contributed by atoms with Gasteiger partial charge in [-0.2, -0.15) is 0 Å². The summed E-state index contributed by atoms with van der Waals surface area (Å²) in [5.74, 6) is 1.07. The fourth-order valence-corrected chi connectivity index (χ4v) is 6.94. The Bertz CT molecular complexity index is 1320. The minimum Gasteiger partial charge on any atom is -0.483 e. The Morgan fingerprint density at radius 1 is 1.10 bits per heavy atom. The van der Waals surface area contributed by atoms with Gasteiger partial charge in [0.2, 0.25) is 5.91 Å². The van der Waals surface area contributed by atoms with Gasteiger partial charge in [-0.25, -0.2) is 4.79 Å². The van der Waals surface area contributed by atoms with Gasteiger partial charge in [-0.15, -0.1) is 21.5 Å². The lowest BCUT2D eigenvalue weighted by Gasteiger charge is -2.20. The Balaban J connectivity index is 1.42. The number of carbonyl (C=O) groups excluding carboxylic acids is 2. The maximum atomic E-state index is 13.0. The molecule has 2 aromatic heterocycles. The Labute approximate surface area is 245 Å². The highest BCUT2D eigenvalue weighted by molar-refractivity contribution is 7.99. The predicted molar refractivity (Wildman–Crippen MR) is 161 cm³/mol. The minimum atomic E-state index is -0.359. The summed E-state index contributed by atoms with van der Waals surface area (Å²) in [5.41, 5.74) is 2.89. The van der Waals surface area contributed by atoms with E-state index in [1.54, 1.807) is 6.92 Å². The van der Waals surface area contributed by atoms with Crippen LogP contribution in [0.2, 0.25) is 0 Å². The smallest absolute Gasteiger partial charge is 0.341 e. The van der Waals surface area contributed by atoms with Crippen LogP contribution in [-0.4, -0.2) is 39.0 Å². The van der Waals surface area contributed by atoms with Crippen LogP contribution < -0.4 is 10.1 Å². The highest BCUT2D eigenvalue weighted by Crippen LogP contribution is 2.38. The van der Waals surface area contributed by atoms with Gasteiger partial charge in [0.15, 0.2) is 17.1 Å². The van der Waals surface area contributed by atoms with Crippen LogP contribution >= 0.6 is 23.1 Å². The lowest BCUT2D eigenvalue weighted by Crippen LogP contribution is -2.17. The molecular weight excluding hydrogens is 544 g/mol. The topological polar surface area (TPSA) is 95.3 Å². The number of rotatable bonds is 10. The molecule has 40 heavy (non-hydrogen) atoms. The molecule has 1 atom stereocenters. The largest absolute Gasteiger partial charge is 0.483 e. The summed E-state index contributed by atoms with van der Waals surface area (Å²) in [6.45, 7) is 13.3. The molecule has 0 saturated carbocycles. The van der Waals surface area contributed by atoms with Crippen LogP contribution in [0, 0.1) is 0 Å². The number of fused-ring (bicyclic) bond motifs is 1. The average Bonchev–Trinajstić information content (AvgIpc) is 3.40. The lowest BCUT2D eigenvalue weighted by atomic mass is 9.87. The second-order valence-electron chi connectivity index (χ2n) is 10.9. The molecule has 0 saturated heterocycles. The minimum absolute atomic E-state index is 0.0770. The van der Waals surface area contributed by atoms with E-state index >= 15 is 0 Å². The van der Waals surface area contributed by atoms with Crippen molar-refractivity contribution in [2.24, 2.45) is 0 Å². The maximum Gasteiger partial charge on any atom is 0.341 e. The number of ether oxygens (including phenoxy) is 2. The number of benzene rings is 1. The van der Waals surface area contributed by atoms with E-state index in [1.165, 1.54) is 33.5 Å². The van der Waals surface area contributed by atoms with Crippen LogP contribution in [0.3, 0.4) is 0 Å². The van der Waals surface area contributed by atoms with E-state index in [9.17, 15) is 9.59 Å². The van der Waals surface area contributed by atoms with Gasteiger partial charge in [-0.1, -0.05) is 51.1 Å². The summed E-state index contributed by atoms with van der Waals surface area (Å²) < 4.78 is 13.5. The second-order valence-corrected chi connectivity index (χ2v) is 13.0. The number of hydrogen-bond donors (Lipinski definition) is 1. The van der Waals surface area contributed by atoms with Crippen LogP contribution in [0.4, 0.5) is 5.00 Å². The molecule has 0 aliphatic heterocycles. The van der Waals surface area contributed by atoms with Gasteiger partial charge in [-0.05, 0) is 75.1 Å². The summed E-state index contributed by atoms with van der Waals surface area (Å²) in [5, 5.41) is 13.0. The van der Waals surface area contributed by atoms with E-state index in [0.717, 1.165) is 43.4 Å². The Hall–Kier alpha value is -2.85. The fourth-order valence-electron chi connectivity index (χ4n) is 4.84. The number of aryl methyl sites for hydroxylation is 1. The summed E-state index contributed by atoms with van der Waals surface area (Å²) in [7, 11) is 0. The van der Waals surface area contributed by atoms with Crippen molar-refractivity contribution in [1.29, 1.82) is 0 Å². The van der Waals surface area contributed by atoms with Gasteiger partial charge in [-0.3, -0.25) is 4.79 Å². The van der Waals surface area contributed by atoms with Gasteiger partial charge in [0.25, 0.3) is 0 Å². The first kappa shape index (κ1) is 30.1. The fraction of sp³-hybridized carbons (Fsp3) is 0.533. The van der Waals surface area contributed by atoms with E-state index in [0.29, 0.717) is 34.7 Å². The molecule has 1 N–H and O–H groups in total. The molecule has 0 fully saturated rings. The Morgan fingerprint density at radius 3 is 2.50 bits per heavy atom. The van der Waals surface area contributed by atoms with Crippen molar-refractivity contribution in [3.8, 4) is 5.75 Å². The zero-order chi connectivity index (χ0) is 28.9. The van der Waals surface area contributed by atoms with Crippen LogP contribution in [0.25, 0.3) is 0 Å². The molecule has 0 spiro atoms. The molecule has 2 heterocycles. The van der Waals surface area contributed by atoms with Gasteiger partial charge in [0, 0.05) is 11.4 Å². The SMILES string of the molecule is CCOC(=O)c1c(NC(=O)CSc2nnc(C(C)Oc3ccc(C(C)(C)C)cc3)n2CC)sc2c1CCCCC2. The van der Waals surface area contributed by atoms with Crippen molar-refractivity contribution in [3.05, 3.63) is 51.7 Å². The number of amides is 1. The van der Waals surface area contributed by atoms with Gasteiger partial charge < -0.3 is 19.4 Å². The number of nitrogens with one attached hydrogen (secondary N) is 1. The van der Waals surface area contributed by atoms with Crippen molar-refractivity contribution < 1.29 is 19.1 Å². The van der Waals surface area contributed by atoms with Gasteiger partial charge >= 0.3 is 5.97 Å². The number of thioether (sulfide) groups is 1. The predicted octanol–water partition coefficient (Wildman–Crippen LogP) is 6.97. The number of aromatic nitrogens is 3. The normalized spacial score (nSPS) is 14.2. The number of nitrogens with zero attached hydrogens (tertiary/aromatic N) is 3. The molecule has 1 aliphatic rings. The monoisotopic (exact) mass is 584 g/mol. The zero-order valence-corrected chi connectivity index (χ0v) is 26.0. The average molecular weight is 585 g/mol. The summed E-state index contributed by atoms with van der Waals surface area (Å²) in [6.07, 6.45) is 4.74. The molecule has 0 bridgehead atoms. The van der Waals surface area contributed by atoms with Crippen LogP contribution in [0.15, 0.2) is 29.4 Å². The van der Waals surface area contributed by atoms with Crippen molar-refractivity contribution in [3.63, 3.8) is 0 Å². The molecule has 216 valence electrons. The molecule has 0 radical (unpaired) electrons. The van der Waals surface area contributed by atoms with Crippen LogP contribution in [-0.2, 0) is 34.3 Å². The molecule has 8 nitrogen and oxygen atoms in total. The molecular formula is C30H40N4O4S2. The van der Waals surface area contributed by atoms with Crippen LogP contribution in [0.5, 0.6) is 5.75 Å². The third-order valence-electron chi connectivity index (χ3n) is 6.94. The molecule has 3 aromatic rings. The standard InChI is InChI=1S/C30H40N4O4S2/c1-7-34-26(19(3)38-21-16-14-20(15-17-21)30(4,5)6)32-33-29(34)39-18-24(35)31-27-25(28(36)37-8-2)22-12-10-9-11-13-23(22)40-27/h14-17,19H,7-13,18H2,1-6H3,(H,31,35). The van der Waals surface area contributed by atoms with Crippen molar-refractivity contribution in [1.82, 2.24) is 14.8 Å². The van der Waals surface area contributed by atoms with Crippen LogP contribution in [0.1, 0.15) is 99.1 Å². The van der Waals surface area contributed by atoms with Crippen molar-refractivity contribution in [2.45, 2.75) is 96.9 Å². The summed E-state index contributed by atoms with van der Waals surface area (Å²) in [6, 6.07) is 8.15. The van der Waals surface area contributed by atoms with E-state index < -0.39 is 0 Å². The number of thiophene rings is 1. The van der Waals surface area contributed by atoms with Crippen molar-refractivity contribution in [2.75, 3.05) is 17.7 Å². The number of esters is 1. The van der Waals surface area contributed by atoms with E-state index in [-0.39, 0.29) is 29.1 Å². The first-order chi connectivity index (χ1) is 19.1. The van der Waals surface area contributed by atoms with Crippen molar-refractivity contribution >= 4 is 40.0 Å². The molecule has 1 unspecified atom stereocenters. The maximum absolute atomic E-state index is 13.0. The highest BCUT2D eigenvalue weighted by atomic mass is 32.2. The molecule has 1 aromatic carbocycles. The number of hydrogen-bond acceptors (Lipinski definition) is 8. The first-order valence-electron chi connectivity index (χ1n) is 14.1. The Kier molecular flexibility index (Phi) is 9.94. The van der Waals surface area contributed by atoms with Gasteiger partial charge in [0.1, 0.15) is 10.8 Å².